The van der Waals surface area contributed by atoms with Crippen LogP contribution in [0.1, 0.15) is 32.0 Å². The number of halogens is 3. The topological polar surface area (TPSA) is 22.1 Å². The Hall–Kier alpha value is -1.68. The van der Waals surface area contributed by atoms with Crippen molar-refractivity contribution in [3.63, 3.8) is 0 Å². The van der Waals surface area contributed by atoms with Gasteiger partial charge in [-0.05, 0) is 23.8 Å². The number of hydrogen-bond donors (Lipinski definition) is 0. The van der Waals surface area contributed by atoms with Crippen molar-refractivity contribution in [3.05, 3.63) is 53.2 Å². The van der Waals surface area contributed by atoms with E-state index in [4.69, 9.17) is 16.3 Å². The Labute approximate surface area is 127 Å². The van der Waals surface area contributed by atoms with Crippen molar-refractivity contribution in [1.29, 1.82) is 0 Å². The number of aromatic nitrogens is 1. The zero-order valence-electron chi connectivity index (χ0n) is 12.1. The summed E-state index contributed by atoms with van der Waals surface area (Å²) in [5, 5.41) is 0. The number of alkyl halides is 1. The fraction of sp³-hybridized carbons (Fsp3) is 0.312. The molecule has 0 aliphatic heterocycles. The molecule has 0 unspecified atom stereocenters. The van der Waals surface area contributed by atoms with E-state index in [0.29, 0.717) is 0 Å². The molecule has 0 radical (unpaired) electrons. The van der Waals surface area contributed by atoms with Crippen molar-refractivity contribution in [2.24, 2.45) is 0 Å². The third kappa shape index (κ3) is 3.91. The van der Waals surface area contributed by atoms with Crippen molar-refractivity contribution in [2.45, 2.75) is 32.1 Å². The lowest BCUT2D eigenvalue weighted by atomic mass is 9.91. The molecule has 0 aliphatic carbocycles. The maximum Gasteiger partial charge on any atom is 0.219 e. The second-order valence-electron chi connectivity index (χ2n) is 5.76. The monoisotopic (exact) mass is 311 g/mol. The molecule has 21 heavy (non-hydrogen) atoms. The van der Waals surface area contributed by atoms with E-state index in [1.165, 1.54) is 0 Å². The first-order valence-electron chi connectivity index (χ1n) is 6.50. The summed E-state index contributed by atoms with van der Waals surface area (Å²) in [4.78, 5) is 4.35. The van der Waals surface area contributed by atoms with Gasteiger partial charge in [0.2, 0.25) is 5.88 Å². The first-order chi connectivity index (χ1) is 9.79. The lowest BCUT2D eigenvalue weighted by molar-refractivity contribution is 0.416. The van der Waals surface area contributed by atoms with Crippen LogP contribution >= 0.6 is 11.6 Å². The molecule has 2 aromatic rings. The van der Waals surface area contributed by atoms with Gasteiger partial charge >= 0.3 is 0 Å². The largest absolute Gasteiger partial charge is 0.436 e. The van der Waals surface area contributed by atoms with Gasteiger partial charge in [-0.25, -0.2) is 13.8 Å². The molecule has 0 bridgehead atoms. The molecule has 0 saturated heterocycles. The van der Waals surface area contributed by atoms with Gasteiger partial charge < -0.3 is 4.74 Å². The Morgan fingerprint density at radius 2 is 1.86 bits per heavy atom. The fourth-order valence-corrected chi connectivity index (χ4v) is 1.90. The number of benzene rings is 1. The van der Waals surface area contributed by atoms with Crippen LogP contribution in [0.5, 0.6) is 11.6 Å². The molecule has 0 N–H and O–H groups in total. The molecular weight excluding hydrogens is 296 g/mol. The lowest BCUT2D eigenvalue weighted by Crippen LogP contribution is -2.14. The highest BCUT2D eigenvalue weighted by Crippen LogP contribution is 2.29. The maximum atomic E-state index is 13.6. The second-order valence-corrected chi connectivity index (χ2v) is 6.03. The molecule has 0 aliphatic rings. The van der Waals surface area contributed by atoms with Gasteiger partial charge in [-0.1, -0.05) is 20.8 Å². The summed E-state index contributed by atoms with van der Waals surface area (Å²) in [5.74, 6) is -0.937. The molecule has 112 valence electrons. The highest BCUT2D eigenvalue weighted by atomic mass is 35.5. The normalized spacial score (nSPS) is 11.5. The summed E-state index contributed by atoms with van der Waals surface area (Å²) in [5.41, 5.74) is 1.37. The molecule has 1 aromatic heterocycles. The van der Waals surface area contributed by atoms with Gasteiger partial charge in [-0.2, -0.15) is 0 Å². The quantitative estimate of drug-likeness (QED) is 0.728. The summed E-state index contributed by atoms with van der Waals surface area (Å²) in [7, 11) is 0. The van der Waals surface area contributed by atoms with Crippen LogP contribution in [-0.4, -0.2) is 4.98 Å². The summed E-state index contributed by atoms with van der Waals surface area (Å²) in [6, 6.07) is 6.53. The second kappa shape index (κ2) is 5.98. The number of pyridine rings is 1. The van der Waals surface area contributed by atoms with Gasteiger partial charge in [0, 0.05) is 23.4 Å². The van der Waals surface area contributed by atoms with Gasteiger partial charge in [0.1, 0.15) is 5.82 Å². The maximum absolute atomic E-state index is 13.6. The molecular formula is C16H16ClF2NO. The first-order valence-corrected chi connectivity index (χ1v) is 7.03. The van der Waals surface area contributed by atoms with Crippen LogP contribution < -0.4 is 4.74 Å². The number of ether oxygens (including phenoxy) is 1. The molecule has 0 fully saturated rings. The average Bonchev–Trinajstić information content (AvgIpc) is 2.41. The standard InChI is InChI=1S/C16H16ClF2NO/c1-16(2,3)14-6-10(9-17)7-15(20-14)21-13-8-11(18)4-5-12(13)19/h4-8H,9H2,1-3H3. The zero-order valence-corrected chi connectivity index (χ0v) is 12.8. The van der Waals surface area contributed by atoms with Crippen molar-refractivity contribution < 1.29 is 13.5 Å². The van der Waals surface area contributed by atoms with E-state index in [0.717, 1.165) is 29.5 Å². The van der Waals surface area contributed by atoms with Crippen LogP contribution in [0.2, 0.25) is 0 Å². The van der Waals surface area contributed by atoms with Gasteiger partial charge in [0.05, 0.1) is 5.69 Å². The Balaban J connectivity index is 2.42. The van der Waals surface area contributed by atoms with E-state index >= 15 is 0 Å². The van der Waals surface area contributed by atoms with Crippen molar-refractivity contribution >= 4 is 11.6 Å². The Bertz CT molecular complexity index is 653. The zero-order chi connectivity index (χ0) is 15.6. The summed E-state index contributed by atoms with van der Waals surface area (Å²) in [6.45, 7) is 6.00. The van der Waals surface area contributed by atoms with E-state index in [-0.39, 0.29) is 22.9 Å². The van der Waals surface area contributed by atoms with E-state index in [1.54, 1.807) is 6.07 Å². The predicted octanol–water partition coefficient (Wildman–Crippen LogP) is 5.19. The van der Waals surface area contributed by atoms with Gasteiger partial charge in [0.25, 0.3) is 0 Å². The Kier molecular flexibility index (Phi) is 4.47. The third-order valence-electron chi connectivity index (χ3n) is 2.89. The molecule has 0 spiro atoms. The number of hydrogen-bond acceptors (Lipinski definition) is 2. The van der Waals surface area contributed by atoms with Gasteiger partial charge in [-0.3, -0.25) is 0 Å². The molecule has 1 heterocycles. The van der Waals surface area contributed by atoms with Gasteiger partial charge in [0.15, 0.2) is 11.6 Å². The van der Waals surface area contributed by atoms with Crippen LogP contribution in [0.4, 0.5) is 8.78 Å². The van der Waals surface area contributed by atoms with E-state index in [9.17, 15) is 8.78 Å². The number of rotatable bonds is 3. The van der Waals surface area contributed by atoms with Crippen molar-refractivity contribution in [2.75, 3.05) is 0 Å². The Morgan fingerprint density at radius 1 is 1.14 bits per heavy atom. The molecule has 2 rings (SSSR count). The third-order valence-corrected chi connectivity index (χ3v) is 3.20. The summed E-state index contributed by atoms with van der Waals surface area (Å²) >= 11 is 5.86. The SMILES string of the molecule is CC(C)(C)c1cc(CCl)cc(Oc2cc(F)ccc2F)n1. The summed E-state index contributed by atoms with van der Waals surface area (Å²) in [6.07, 6.45) is 0. The lowest BCUT2D eigenvalue weighted by Gasteiger charge is -2.19. The highest BCUT2D eigenvalue weighted by molar-refractivity contribution is 6.17. The average molecular weight is 312 g/mol. The van der Waals surface area contributed by atoms with E-state index < -0.39 is 11.6 Å². The first kappa shape index (κ1) is 15.7. The van der Waals surface area contributed by atoms with Crippen LogP contribution in [0.15, 0.2) is 30.3 Å². The molecule has 1 aromatic carbocycles. The molecule has 0 saturated carbocycles. The van der Waals surface area contributed by atoms with Gasteiger partial charge in [-0.15, -0.1) is 11.6 Å². The van der Waals surface area contributed by atoms with Crippen LogP contribution in [0.25, 0.3) is 0 Å². The minimum absolute atomic E-state index is 0.197. The van der Waals surface area contributed by atoms with Crippen LogP contribution in [-0.2, 0) is 11.3 Å². The minimum atomic E-state index is -0.646. The Morgan fingerprint density at radius 3 is 2.48 bits per heavy atom. The smallest absolute Gasteiger partial charge is 0.219 e. The van der Waals surface area contributed by atoms with Crippen molar-refractivity contribution in [1.82, 2.24) is 4.98 Å². The molecule has 5 heteroatoms. The van der Waals surface area contributed by atoms with Crippen LogP contribution in [0, 0.1) is 11.6 Å². The van der Waals surface area contributed by atoms with Crippen LogP contribution in [0.3, 0.4) is 0 Å². The van der Waals surface area contributed by atoms with E-state index in [1.807, 2.05) is 26.8 Å². The molecule has 0 amide bonds. The predicted molar refractivity (Wildman–Crippen MR) is 78.9 cm³/mol. The van der Waals surface area contributed by atoms with E-state index in [2.05, 4.69) is 4.98 Å². The fourth-order valence-electron chi connectivity index (χ4n) is 1.74. The number of nitrogens with zero attached hydrogens (tertiary/aromatic N) is 1. The highest BCUT2D eigenvalue weighted by Gasteiger charge is 2.18. The molecule has 2 nitrogen and oxygen atoms in total. The molecule has 0 atom stereocenters. The van der Waals surface area contributed by atoms with Crippen molar-refractivity contribution in [3.8, 4) is 11.6 Å². The summed E-state index contributed by atoms with van der Waals surface area (Å²) < 4.78 is 32.2. The minimum Gasteiger partial charge on any atom is -0.436 e.